The van der Waals surface area contributed by atoms with E-state index in [1.807, 2.05) is 0 Å². The van der Waals surface area contributed by atoms with Gasteiger partial charge in [0.05, 0.1) is 11.8 Å². The van der Waals surface area contributed by atoms with Gasteiger partial charge in [0.25, 0.3) is 0 Å². The van der Waals surface area contributed by atoms with Crippen molar-refractivity contribution < 1.29 is 18.3 Å². The Balaban J connectivity index is 2.02. The lowest BCUT2D eigenvalue weighted by molar-refractivity contribution is -0.121. The van der Waals surface area contributed by atoms with Crippen molar-refractivity contribution in [2.45, 2.75) is 6.10 Å². The average Bonchev–Trinajstić information content (AvgIpc) is 3.05. The summed E-state index contributed by atoms with van der Waals surface area (Å²) in [7, 11) is 1.65. The van der Waals surface area contributed by atoms with Gasteiger partial charge in [0.1, 0.15) is 5.82 Å². The van der Waals surface area contributed by atoms with Crippen LogP contribution in [0.25, 0.3) is 5.57 Å². The Morgan fingerprint density at radius 3 is 2.75 bits per heavy atom. The number of furan rings is 1. The summed E-state index contributed by atoms with van der Waals surface area (Å²) in [5.41, 5.74) is 0.807. The molecular formula is C15H12FNO3. The molecule has 0 fully saturated rings. The summed E-state index contributed by atoms with van der Waals surface area (Å²) in [5, 5.41) is 2.83. The molecule has 3 rings (SSSR count). The Hall–Kier alpha value is -2.56. The summed E-state index contributed by atoms with van der Waals surface area (Å²) in [5.74, 6) is 0.0887. The van der Waals surface area contributed by atoms with E-state index in [-0.39, 0.29) is 5.78 Å². The van der Waals surface area contributed by atoms with Crippen molar-refractivity contribution in [1.82, 2.24) is 5.32 Å². The largest absolute Gasteiger partial charge is 0.465 e. The highest BCUT2D eigenvalue weighted by Gasteiger charge is 2.38. The van der Waals surface area contributed by atoms with Crippen LogP contribution in [0, 0.1) is 5.82 Å². The highest BCUT2D eigenvalue weighted by molar-refractivity contribution is 6.24. The summed E-state index contributed by atoms with van der Waals surface area (Å²) in [6.45, 7) is 0. The maximum atomic E-state index is 13.3. The SMILES string of the molecule is CNC1=C(c2cccc(F)c2)C(=O)C(c2ccco2)O1. The fraction of sp³-hybridized carbons (Fsp3) is 0.133. The van der Waals surface area contributed by atoms with Gasteiger partial charge in [0, 0.05) is 7.05 Å². The lowest BCUT2D eigenvalue weighted by atomic mass is 9.99. The molecule has 1 N–H and O–H groups in total. The first-order valence-electron chi connectivity index (χ1n) is 6.13. The predicted molar refractivity (Wildman–Crippen MR) is 69.9 cm³/mol. The molecule has 102 valence electrons. The quantitative estimate of drug-likeness (QED) is 0.934. The van der Waals surface area contributed by atoms with E-state index in [9.17, 15) is 9.18 Å². The monoisotopic (exact) mass is 273 g/mol. The van der Waals surface area contributed by atoms with Crippen molar-refractivity contribution in [2.24, 2.45) is 0 Å². The van der Waals surface area contributed by atoms with Crippen LogP contribution >= 0.6 is 0 Å². The van der Waals surface area contributed by atoms with Gasteiger partial charge in [-0.3, -0.25) is 4.79 Å². The molecule has 0 aliphatic carbocycles. The van der Waals surface area contributed by atoms with Gasteiger partial charge < -0.3 is 14.5 Å². The maximum absolute atomic E-state index is 13.3. The lowest BCUT2D eigenvalue weighted by Crippen LogP contribution is -2.09. The van der Waals surface area contributed by atoms with Crippen LogP contribution in [-0.2, 0) is 9.53 Å². The van der Waals surface area contributed by atoms with Crippen molar-refractivity contribution in [3.8, 4) is 0 Å². The summed E-state index contributed by atoms with van der Waals surface area (Å²) in [6, 6.07) is 9.21. The van der Waals surface area contributed by atoms with Crippen LogP contribution in [-0.4, -0.2) is 12.8 Å². The fourth-order valence-corrected chi connectivity index (χ4v) is 2.20. The van der Waals surface area contributed by atoms with E-state index >= 15 is 0 Å². The van der Waals surface area contributed by atoms with Crippen LogP contribution in [0.4, 0.5) is 4.39 Å². The molecule has 0 saturated heterocycles. The second kappa shape index (κ2) is 4.85. The number of benzene rings is 1. The van der Waals surface area contributed by atoms with E-state index < -0.39 is 11.9 Å². The van der Waals surface area contributed by atoms with E-state index in [0.29, 0.717) is 22.8 Å². The van der Waals surface area contributed by atoms with Gasteiger partial charge in [-0.15, -0.1) is 0 Å². The maximum Gasteiger partial charge on any atom is 0.220 e. The minimum absolute atomic E-state index is 0.255. The molecule has 0 radical (unpaired) electrons. The number of nitrogens with one attached hydrogen (secondary N) is 1. The van der Waals surface area contributed by atoms with Crippen LogP contribution < -0.4 is 5.32 Å². The number of carbonyl (C=O) groups is 1. The highest BCUT2D eigenvalue weighted by atomic mass is 19.1. The third-order valence-electron chi connectivity index (χ3n) is 3.09. The Morgan fingerprint density at radius 2 is 2.10 bits per heavy atom. The minimum Gasteiger partial charge on any atom is -0.465 e. The number of carbonyl (C=O) groups excluding carboxylic acids is 1. The Kier molecular flexibility index (Phi) is 3.02. The van der Waals surface area contributed by atoms with Crippen LogP contribution in [0.5, 0.6) is 0 Å². The van der Waals surface area contributed by atoms with Crippen molar-refractivity contribution in [1.29, 1.82) is 0 Å². The second-order valence-electron chi connectivity index (χ2n) is 4.34. The van der Waals surface area contributed by atoms with Crippen molar-refractivity contribution in [3.63, 3.8) is 0 Å². The molecule has 0 saturated carbocycles. The van der Waals surface area contributed by atoms with Crippen LogP contribution in [0.15, 0.2) is 53.0 Å². The number of ether oxygens (including phenoxy) is 1. The molecule has 0 amide bonds. The first-order valence-corrected chi connectivity index (χ1v) is 6.13. The predicted octanol–water partition coefficient (Wildman–Crippen LogP) is 2.65. The second-order valence-corrected chi connectivity index (χ2v) is 4.34. The third kappa shape index (κ3) is 1.97. The van der Waals surface area contributed by atoms with E-state index in [1.165, 1.54) is 18.4 Å². The molecule has 5 heteroatoms. The molecule has 1 aromatic heterocycles. The minimum atomic E-state index is -0.828. The van der Waals surface area contributed by atoms with E-state index in [2.05, 4.69) is 5.32 Å². The first kappa shape index (κ1) is 12.5. The van der Waals surface area contributed by atoms with Crippen LogP contribution in [0.2, 0.25) is 0 Å². The Bertz CT molecular complexity index is 676. The van der Waals surface area contributed by atoms with Gasteiger partial charge in [-0.2, -0.15) is 0 Å². The van der Waals surface area contributed by atoms with Gasteiger partial charge in [-0.05, 0) is 29.8 Å². The summed E-state index contributed by atoms with van der Waals surface area (Å²) < 4.78 is 24.1. The molecule has 1 aromatic carbocycles. The molecule has 2 heterocycles. The van der Waals surface area contributed by atoms with Gasteiger partial charge >= 0.3 is 0 Å². The molecule has 1 aliphatic heterocycles. The third-order valence-corrected chi connectivity index (χ3v) is 3.09. The molecule has 20 heavy (non-hydrogen) atoms. The van der Waals surface area contributed by atoms with Crippen LogP contribution in [0.1, 0.15) is 17.4 Å². The van der Waals surface area contributed by atoms with Gasteiger partial charge in [0.15, 0.2) is 11.6 Å². The lowest BCUT2D eigenvalue weighted by Gasteiger charge is -2.07. The number of halogens is 1. The zero-order valence-corrected chi connectivity index (χ0v) is 10.7. The normalized spacial score (nSPS) is 18.3. The smallest absolute Gasteiger partial charge is 0.220 e. The molecule has 1 unspecified atom stereocenters. The van der Waals surface area contributed by atoms with Gasteiger partial charge in [0.2, 0.25) is 11.9 Å². The molecular weight excluding hydrogens is 261 g/mol. The molecule has 1 aliphatic rings. The van der Waals surface area contributed by atoms with E-state index in [0.717, 1.165) is 0 Å². The van der Waals surface area contributed by atoms with Gasteiger partial charge in [-0.25, -0.2) is 4.39 Å². The van der Waals surface area contributed by atoms with Gasteiger partial charge in [-0.1, -0.05) is 12.1 Å². The first-order chi connectivity index (χ1) is 9.70. The Morgan fingerprint density at radius 1 is 1.25 bits per heavy atom. The molecule has 0 spiro atoms. The molecule has 2 aromatic rings. The van der Waals surface area contributed by atoms with Crippen molar-refractivity contribution in [3.05, 3.63) is 65.7 Å². The number of ketones is 1. The van der Waals surface area contributed by atoms with E-state index in [1.54, 1.807) is 31.3 Å². The molecule has 4 nitrogen and oxygen atoms in total. The Labute approximate surface area is 114 Å². The number of hydrogen-bond acceptors (Lipinski definition) is 4. The fourth-order valence-electron chi connectivity index (χ4n) is 2.20. The summed E-state index contributed by atoms with van der Waals surface area (Å²) in [4.78, 5) is 12.5. The summed E-state index contributed by atoms with van der Waals surface area (Å²) in [6.07, 6.45) is 0.649. The number of hydrogen-bond donors (Lipinski definition) is 1. The van der Waals surface area contributed by atoms with Crippen LogP contribution in [0.3, 0.4) is 0 Å². The van der Waals surface area contributed by atoms with E-state index in [4.69, 9.17) is 9.15 Å². The zero-order chi connectivity index (χ0) is 14.1. The average molecular weight is 273 g/mol. The number of Topliss-reactive ketones (excluding diaryl/α,β-unsaturated/α-hetero) is 1. The number of rotatable bonds is 3. The van der Waals surface area contributed by atoms with Crippen molar-refractivity contribution >= 4 is 11.4 Å². The zero-order valence-electron chi connectivity index (χ0n) is 10.7. The summed E-state index contributed by atoms with van der Waals surface area (Å²) >= 11 is 0. The topological polar surface area (TPSA) is 51.5 Å². The van der Waals surface area contributed by atoms with Crippen molar-refractivity contribution in [2.75, 3.05) is 7.05 Å². The molecule has 1 atom stereocenters. The highest BCUT2D eigenvalue weighted by Crippen LogP contribution is 2.37. The standard InChI is InChI=1S/C15H12FNO3/c1-17-15-12(9-4-2-5-10(16)8-9)13(18)14(20-15)11-6-3-7-19-11/h2-8,14,17H,1H3. The molecule has 0 bridgehead atoms.